The number of halogens is 1. The normalized spacial score (nSPS) is 19.2. The van der Waals surface area contributed by atoms with E-state index in [4.69, 9.17) is 0 Å². The van der Waals surface area contributed by atoms with Crippen LogP contribution in [-0.2, 0) is 4.79 Å². The number of fused-ring (bicyclic) bond motifs is 2. The first-order valence-electron chi connectivity index (χ1n) is 8.47. The number of aromatic amines is 1. The molecule has 1 aliphatic carbocycles. The van der Waals surface area contributed by atoms with Gasteiger partial charge in [-0.05, 0) is 48.2 Å². The van der Waals surface area contributed by atoms with Crippen molar-refractivity contribution in [3.05, 3.63) is 48.4 Å². The molecule has 3 aromatic heterocycles. The van der Waals surface area contributed by atoms with Crippen LogP contribution in [0.4, 0.5) is 10.2 Å². The van der Waals surface area contributed by atoms with Gasteiger partial charge >= 0.3 is 0 Å². The number of hydrogen-bond donors (Lipinski definition) is 2. The van der Waals surface area contributed by atoms with Crippen molar-refractivity contribution in [3.8, 4) is 11.1 Å². The maximum absolute atomic E-state index is 13.0. The summed E-state index contributed by atoms with van der Waals surface area (Å²) in [6.07, 6.45) is 4.83. The molecule has 1 aromatic carbocycles. The fourth-order valence-corrected chi connectivity index (χ4v) is 3.36. The molecule has 1 aliphatic rings. The molecule has 0 spiro atoms. The summed E-state index contributed by atoms with van der Waals surface area (Å²) in [4.78, 5) is 16.3. The number of nitrogens with one attached hydrogen (secondary N) is 2. The third-order valence-electron chi connectivity index (χ3n) is 4.87. The number of nitrogens with zero attached hydrogens (tertiary/aromatic N) is 3. The maximum atomic E-state index is 13.0. The predicted molar refractivity (Wildman–Crippen MR) is 96.6 cm³/mol. The van der Waals surface area contributed by atoms with Gasteiger partial charge in [0.2, 0.25) is 5.91 Å². The van der Waals surface area contributed by atoms with Crippen LogP contribution in [-0.4, -0.2) is 31.7 Å². The van der Waals surface area contributed by atoms with Crippen LogP contribution in [0.2, 0.25) is 0 Å². The van der Waals surface area contributed by atoms with Crippen LogP contribution < -0.4 is 5.32 Å². The molecular weight excluding hydrogens is 333 g/mol. The zero-order valence-corrected chi connectivity index (χ0v) is 14.0. The highest BCUT2D eigenvalue weighted by Gasteiger charge is 2.43. The lowest BCUT2D eigenvalue weighted by molar-refractivity contribution is -0.117. The number of imidazole rings is 1. The number of aryl methyl sites for hydroxylation is 1. The van der Waals surface area contributed by atoms with Crippen molar-refractivity contribution < 1.29 is 9.18 Å². The van der Waals surface area contributed by atoms with E-state index in [9.17, 15) is 9.18 Å². The number of carbonyl (C=O) groups excluding carboxylic acids is 1. The summed E-state index contributed by atoms with van der Waals surface area (Å²) in [6.45, 7) is 2.06. The summed E-state index contributed by atoms with van der Waals surface area (Å²) in [5.41, 5.74) is 4.98. The Bertz CT molecular complexity index is 1160. The van der Waals surface area contributed by atoms with Gasteiger partial charge in [-0.25, -0.2) is 9.37 Å². The molecule has 3 heterocycles. The van der Waals surface area contributed by atoms with Crippen LogP contribution in [0.3, 0.4) is 0 Å². The molecule has 0 unspecified atom stereocenters. The Morgan fingerprint density at radius 3 is 2.96 bits per heavy atom. The molecule has 0 bridgehead atoms. The molecule has 1 amide bonds. The Morgan fingerprint density at radius 1 is 1.31 bits per heavy atom. The minimum atomic E-state index is -1.02. The molecule has 130 valence electrons. The van der Waals surface area contributed by atoms with Crippen molar-refractivity contribution in [3.63, 3.8) is 0 Å². The first-order chi connectivity index (χ1) is 12.6. The number of amides is 1. The number of hydrogen-bond acceptors (Lipinski definition) is 3. The fraction of sp³-hybridized carbons (Fsp3) is 0.211. The van der Waals surface area contributed by atoms with Crippen LogP contribution in [0.15, 0.2) is 42.9 Å². The second-order valence-corrected chi connectivity index (χ2v) is 6.75. The number of rotatable bonds is 3. The van der Waals surface area contributed by atoms with Gasteiger partial charge in [-0.2, -0.15) is 5.10 Å². The standard InChI is InChI=1S/C19H16FN5O/c1-10-2-4-15-13(7-21-24-15)18(10)11-3-5-17-22-16(9-25(17)8-11)23-19(26)12-6-14(12)20/h2-5,7-9,12,14H,6H2,1H3,(H,21,24)(H,23,26)/t12-,14+/m1/s1. The second kappa shape index (κ2) is 5.39. The van der Waals surface area contributed by atoms with E-state index in [1.165, 1.54) is 0 Å². The van der Waals surface area contributed by atoms with Gasteiger partial charge in [0.05, 0.1) is 23.8 Å². The number of carbonyl (C=O) groups is 1. The Balaban J connectivity index is 1.54. The number of benzene rings is 1. The third-order valence-corrected chi connectivity index (χ3v) is 4.87. The minimum absolute atomic E-state index is 0.303. The summed E-state index contributed by atoms with van der Waals surface area (Å²) >= 11 is 0. The summed E-state index contributed by atoms with van der Waals surface area (Å²) < 4.78 is 14.9. The Morgan fingerprint density at radius 2 is 2.15 bits per heavy atom. The predicted octanol–water partition coefficient (Wildman–Crippen LogP) is 3.48. The molecule has 1 saturated carbocycles. The molecule has 2 N–H and O–H groups in total. The lowest BCUT2D eigenvalue weighted by Gasteiger charge is -2.08. The molecule has 0 saturated heterocycles. The van der Waals surface area contributed by atoms with E-state index < -0.39 is 12.1 Å². The van der Waals surface area contributed by atoms with Crippen molar-refractivity contribution in [2.45, 2.75) is 19.5 Å². The average molecular weight is 349 g/mol. The smallest absolute Gasteiger partial charge is 0.231 e. The summed E-state index contributed by atoms with van der Waals surface area (Å²) in [5.74, 6) is -0.402. The monoisotopic (exact) mass is 349 g/mol. The topological polar surface area (TPSA) is 75.1 Å². The van der Waals surface area contributed by atoms with Gasteiger partial charge in [0, 0.05) is 11.6 Å². The van der Waals surface area contributed by atoms with E-state index in [1.54, 1.807) is 6.20 Å². The van der Waals surface area contributed by atoms with Crippen molar-refractivity contribution in [1.82, 2.24) is 19.6 Å². The van der Waals surface area contributed by atoms with Gasteiger partial charge in [-0.3, -0.25) is 9.89 Å². The summed E-state index contributed by atoms with van der Waals surface area (Å²) in [6, 6.07) is 7.98. The van der Waals surface area contributed by atoms with Crippen LogP contribution in [0.5, 0.6) is 0 Å². The van der Waals surface area contributed by atoms with E-state index in [-0.39, 0.29) is 5.91 Å². The highest BCUT2D eigenvalue weighted by atomic mass is 19.1. The van der Waals surface area contributed by atoms with Gasteiger partial charge in [0.1, 0.15) is 11.8 Å². The molecule has 0 radical (unpaired) electrons. The van der Waals surface area contributed by atoms with Crippen LogP contribution in [0.25, 0.3) is 27.7 Å². The Hall–Kier alpha value is -3.22. The molecule has 4 aromatic rings. The first-order valence-corrected chi connectivity index (χ1v) is 8.47. The van der Waals surface area contributed by atoms with Crippen molar-refractivity contribution in [2.24, 2.45) is 5.92 Å². The van der Waals surface area contributed by atoms with Crippen LogP contribution in [0.1, 0.15) is 12.0 Å². The molecule has 6 nitrogen and oxygen atoms in total. The fourth-order valence-electron chi connectivity index (χ4n) is 3.36. The zero-order valence-electron chi connectivity index (χ0n) is 14.0. The Labute approximate surface area is 148 Å². The average Bonchev–Trinajstić information content (AvgIpc) is 3.02. The van der Waals surface area contributed by atoms with Crippen molar-refractivity contribution in [1.29, 1.82) is 0 Å². The van der Waals surface area contributed by atoms with E-state index >= 15 is 0 Å². The van der Waals surface area contributed by atoms with Crippen molar-refractivity contribution >= 4 is 28.3 Å². The van der Waals surface area contributed by atoms with Gasteiger partial charge in [0.25, 0.3) is 0 Å². The number of aromatic nitrogens is 4. The first kappa shape index (κ1) is 15.1. The summed E-state index contributed by atoms with van der Waals surface area (Å²) in [5, 5.41) is 10.9. The molecular formula is C19H16FN5O. The molecule has 0 aliphatic heterocycles. The quantitative estimate of drug-likeness (QED) is 0.595. The SMILES string of the molecule is Cc1ccc2[nH]ncc2c1-c1ccc2nc(NC(=O)[C@@H]3C[C@@H]3F)cn2c1. The highest BCUT2D eigenvalue weighted by Crippen LogP contribution is 2.35. The lowest BCUT2D eigenvalue weighted by atomic mass is 9.98. The van der Waals surface area contributed by atoms with Crippen LogP contribution >= 0.6 is 0 Å². The second-order valence-electron chi connectivity index (χ2n) is 6.75. The van der Waals surface area contributed by atoms with E-state index in [0.717, 1.165) is 27.6 Å². The van der Waals surface area contributed by atoms with Gasteiger partial charge in [-0.15, -0.1) is 0 Å². The number of alkyl halides is 1. The van der Waals surface area contributed by atoms with E-state index in [0.29, 0.717) is 17.9 Å². The molecule has 1 fully saturated rings. The van der Waals surface area contributed by atoms with Gasteiger partial charge < -0.3 is 9.72 Å². The van der Waals surface area contributed by atoms with Gasteiger partial charge in [-0.1, -0.05) is 6.07 Å². The highest BCUT2D eigenvalue weighted by molar-refractivity contribution is 5.96. The maximum Gasteiger partial charge on any atom is 0.231 e. The largest absolute Gasteiger partial charge is 0.309 e. The van der Waals surface area contributed by atoms with E-state index in [1.807, 2.05) is 35.0 Å². The Kier molecular flexibility index (Phi) is 3.12. The van der Waals surface area contributed by atoms with Crippen molar-refractivity contribution in [2.75, 3.05) is 5.32 Å². The molecule has 26 heavy (non-hydrogen) atoms. The zero-order chi connectivity index (χ0) is 17.8. The molecule has 2 atom stereocenters. The van der Waals surface area contributed by atoms with Crippen LogP contribution in [0, 0.1) is 12.8 Å². The number of anilines is 1. The van der Waals surface area contributed by atoms with Gasteiger partial charge in [0.15, 0.2) is 5.82 Å². The summed E-state index contributed by atoms with van der Waals surface area (Å²) in [7, 11) is 0. The minimum Gasteiger partial charge on any atom is -0.309 e. The lowest BCUT2D eigenvalue weighted by Crippen LogP contribution is -2.15. The molecule has 5 rings (SSSR count). The number of pyridine rings is 1. The third kappa shape index (κ3) is 2.35. The molecule has 7 heteroatoms. The number of H-pyrrole nitrogens is 1. The van der Waals surface area contributed by atoms with E-state index in [2.05, 4.69) is 33.5 Å².